The number of anilines is 1. The molecule has 136 valence electrons. The van der Waals surface area contributed by atoms with E-state index in [4.69, 9.17) is 0 Å². The Morgan fingerprint density at radius 2 is 2.08 bits per heavy atom. The molecule has 1 aliphatic rings. The minimum Gasteiger partial charge on any atom is -0.370 e. The number of piperidine rings is 1. The van der Waals surface area contributed by atoms with Gasteiger partial charge in [0.05, 0.1) is 11.7 Å². The molecule has 5 heteroatoms. The van der Waals surface area contributed by atoms with Crippen molar-refractivity contribution in [3.63, 3.8) is 0 Å². The lowest BCUT2D eigenvalue weighted by molar-refractivity contribution is 0.389. The average molecular weight is 349 g/mol. The van der Waals surface area contributed by atoms with Gasteiger partial charge in [0.15, 0.2) is 0 Å². The Hall–Kier alpha value is -2.40. The molecule has 0 aromatic carbocycles. The molecule has 4 rings (SSSR count). The molecule has 0 unspecified atom stereocenters. The fourth-order valence-corrected chi connectivity index (χ4v) is 3.78. The van der Waals surface area contributed by atoms with Crippen LogP contribution in [0.5, 0.6) is 0 Å². The highest BCUT2D eigenvalue weighted by molar-refractivity contribution is 5.96. The summed E-state index contributed by atoms with van der Waals surface area (Å²) in [6.07, 6.45) is 10.4. The molecule has 1 fully saturated rings. The zero-order chi connectivity index (χ0) is 17.9. The van der Waals surface area contributed by atoms with Gasteiger partial charge in [-0.05, 0) is 69.5 Å². The lowest BCUT2D eigenvalue weighted by Gasteiger charge is -2.23. The molecule has 26 heavy (non-hydrogen) atoms. The quantitative estimate of drug-likeness (QED) is 0.728. The zero-order valence-electron chi connectivity index (χ0n) is 15.6. The Morgan fingerprint density at radius 1 is 1.23 bits per heavy atom. The maximum Gasteiger partial charge on any atom is 0.126 e. The van der Waals surface area contributed by atoms with Crippen molar-refractivity contribution in [3.8, 4) is 11.1 Å². The van der Waals surface area contributed by atoms with E-state index in [-0.39, 0.29) is 0 Å². The number of rotatable bonds is 5. The smallest absolute Gasteiger partial charge is 0.126 e. The van der Waals surface area contributed by atoms with Crippen molar-refractivity contribution < 1.29 is 0 Å². The second-order valence-corrected chi connectivity index (χ2v) is 7.44. The molecule has 0 amide bonds. The summed E-state index contributed by atoms with van der Waals surface area (Å²) in [5, 5.41) is 8.21. The normalized spacial score (nSPS) is 15.7. The number of pyridine rings is 2. The number of nitrogens with one attached hydrogen (secondary N) is 2. The van der Waals surface area contributed by atoms with Crippen LogP contribution in [-0.4, -0.2) is 34.2 Å². The van der Waals surface area contributed by atoms with E-state index in [1.807, 2.05) is 18.6 Å². The van der Waals surface area contributed by atoms with Crippen LogP contribution in [0.2, 0.25) is 0 Å². The van der Waals surface area contributed by atoms with Gasteiger partial charge >= 0.3 is 0 Å². The first kappa shape index (κ1) is 17.0. The Morgan fingerprint density at radius 3 is 2.88 bits per heavy atom. The van der Waals surface area contributed by atoms with Gasteiger partial charge < -0.3 is 15.2 Å². The molecule has 0 bridgehead atoms. The molecule has 0 radical (unpaired) electrons. The van der Waals surface area contributed by atoms with Gasteiger partial charge in [-0.25, -0.2) is 4.98 Å². The predicted octanol–water partition coefficient (Wildman–Crippen LogP) is 4.09. The molecular weight excluding hydrogens is 322 g/mol. The summed E-state index contributed by atoms with van der Waals surface area (Å²) >= 11 is 0. The van der Waals surface area contributed by atoms with Gasteiger partial charge in [-0.1, -0.05) is 0 Å². The van der Waals surface area contributed by atoms with E-state index >= 15 is 0 Å². The van der Waals surface area contributed by atoms with Gasteiger partial charge in [0.25, 0.3) is 0 Å². The van der Waals surface area contributed by atoms with Crippen molar-refractivity contribution in [3.05, 3.63) is 43.0 Å². The van der Waals surface area contributed by atoms with Crippen LogP contribution in [0.4, 0.5) is 5.82 Å². The van der Waals surface area contributed by atoms with Gasteiger partial charge in [0, 0.05) is 42.1 Å². The molecule has 3 aromatic rings. The van der Waals surface area contributed by atoms with Crippen LogP contribution in [0.3, 0.4) is 0 Å². The molecule has 3 aromatic heterocycles. The Kier molecular flexibility index (Phi) is 4.89. The summed E-state index contributed by atoms with van der Waals surface area (Å²) in [6, 6.07) is 6.76. The molecule has 5 nitrogen and oxygen atoms in total. The van der Waals surface area contributed by atoms with Crippen molar-refractivity contribution >= 4 is 16.7 Å². The first-order valence-corrected chi connectivity index (χ1v) is 9.58. The van der Waals surface area contributed by atoms with E-state index in [1.54, 1.807) is 0 Å². The molecule has 0 spiro atoms. The average Bonchev–Trinajstić information content (AvgIpc) is 3.07. The fraction of sp³-hybridized carbons (Fsp3) is 0.429. The second-order valence-electron chi connectivity index (χ2n) is 7.44. The summed E-state index contributed by atoms with van der Waals surface area (Å²) < 4.78 is 2.29. The largest absolute Gasteiger partial charge is 0.370 e. The first-order valence-electron chi connectivity index (χ1n) is 9.58. The van der Waals surface area contributed by atoms with Gasteiger partial charge in [-0.3, -0.25) is 4.98 Å². The lowest BCUT2D eigenvalue weighted by Crippen LogP contribution is -2.31. The van der Waals surface area contributed by atoms with Gasteiger partial charge in [0.1, 0.15) is 5.82 Å². The summed E-state index contributed by atoms with van der Waals surface area (Å²) in [4.78, 5) is 8.84. The molecule has 0 aliphatic carbocycles. The summed E-state index contributed by atoms with van der Waals surface area (Å²) in [5.41, 5.74) is 3.62. The standard InChI is InChI=1S/C21H27N5/c1-15(2)26-14-19(18-6-9-23-13-20(18)26)17-5-10-24-21(11-17)25-12-16-3-7-22-8-4-16/h5-6,9-11,13-16,22H,3-4,7-8,12H2,1-2H3,(H,24,25). The number of aromatic nitrogens is 3. The Balaban J connectivity index is 1.61. The van der Waals surface area contributed by atoms with Crippen LogP contribution in [0.15, 0.2) is 43.0 Å². The molecule has 0 saturated carbocycles. The zero-order valence-corrected chi connectivity index (χ0v) is 15.6. The highest BCUT2D eigenvalue weighted by atomic mass is 15.0. The third-order valence-electron chi connectivity index (χ3n) is 5.29. The Labute approximate surface area is 154 Å². The van der Waals surface area contributed by atoms with Gasteiger partial charge in [-0.2, -0.15) is 0 Å². The number of hydrogen-bond donors (Lipinski definition) is 2. The minimum atomic E-state index is 0.398. The molecule has 1 aliphatic heterocycles. The lowest BCUT2D eigenvalue weighted by atomic mass is 9.98. The predicted molar refractivity (Wildman–Crippen MR) is 107 cm³/mol. The highest BCUT2D eigenvalue weighted by Gasteiger charge is 2.14. The van der Waals surface area contributed by atoms with E-state index in [2.05, 4.69) is 63.4 Å². The molecule has 2 N–H and O–H groups in total. The van der Waals surface area contributed by atoms with Crippen LogP contribution in [0.25, 0.3) is 22.0 Å². The number of fused-ring (bicyclic) bond motifs is 1. The van der Waals surface area contributed by atoms with Crippen molar-refractivity contribution in [2.75, 3.05) is 25.0 Å². The number of nitrogens with zero attached hydrogens (tertiary/aromatic N) is 3. The van der Waals surface area contributed by atoms with Crippen molar-refractivity contribution in [1.29, 1.82) is 0 Å². The fourth-order valence-electron chi connectivity index (χ4n) is 3.78. The number of hydrogen-bond acceptors (Lipinski definition) is 4. The van der Waals surface area contributed by atoms with Gasteiger partial charge in [-0.15, -0.1) is 0 Å². The van der Waals surface area contributed by atoms with E-state index in [0.29, 0.717) is 6.04 Å². The van der Waals surface area contributed by atoms with Crippen LogP contribution in [-0.2, 0) is 0 Å². The van der Waals surface area contributed by atoms with E-state index in [1.165, 1.54) is 34.9 Å². The first-order chi connectivity index (χ1) is 12.7. The Bertz CT molecular complexity index is 877. The molecule has 1 saturated heterocycles. The van der Waals surface area contributed by atoms with Crippen molar-refractivity contribution in [1.82, 2.24) is 19.9 Å². The summed E-state index contributed by atoms with van der Waals surface area (Å²) in [7, 11) is 0. The SMILES string of the molecule is CC(C)n1cc(-c2ccnc(NCC3CCNCC3)c2)c2ccncc21. The monoisotopic (exact) mass is 349 g/mol. The minimum absolute atomic E-state index is 0.398. The summed E-state index contributed by atoms with van der Waals surface area (Å²) in [6.45, 7) is 7.66. The molecule has 4 heterocycles. The van der Waals surface area contributed by atoms with Gasteiger partial charge in [0.2, 0.25) is 0 Å². The van der Waals surface area contributed by atoms with E-state index in [9.17, 15) is 0 Å². The van der Waals surface area contributed by atoms with Crippen LogP contribution >= 0.6 is 0 Å². The van der Waals surface area contributed by atoms with Crippen LogP contribution in [0, 0.1) is 5.92 Å². The second kappa shape index (κ2) is 7.46. The third-order valence-corrected chi connectivity index (χ3v) is 5.29. The van der Waals surface area contributed by atoms with Crippen LogP contribution < -0.4 is 10.6 Å². The summed E-state index contributed by atoms with van der Waals surface area (Å²) in [5.74, 6) is 1.69. The highest BCUT2D eigenvalue weighted by Crippen LogP contribution is 2.32. The van der Waals surface area contributed by atoms with Crippen molar-refractivity contribution in [2.45, 2.75) is 32.7 Å². The van der Waals surface area contributed by atoms with E-state index < -0.39 is 0 Å². The molecular formula is C21H27N5. The van der Waals surface area contributed by atoms with E-state index in [0.717, 1.165) is 31.4 Å². The van der Waals surface area contributed by atoms with Crippen LogP contribution in [0.1, 0.15) is 32.7 Å². The topological polar surface area (TPSA) is 54.8 Å². The maximum atomic E-state index is 4.53. The molecule has 0 atom stereocenters. The van der Waals surface area contributed by atoms with Crippen molar-refractivity contribution in [2.24, 2.45) is 5.92 Å². The third kappa shape index (κ3) is 3.44. The maximum absolute atomic E-state index is 4.53.